The van der Waals surface area contributed by atoms with Crippen LogP contribution in [0.2, 0.25) is 5.02 Å². The van der Waals surface area contributed by atoms with Gasteiger partial charge in [-0.05, 0) is 31.4 Å². The SMILES string of the molecule is CCCCCCCCCOC(=O)C1CCCN1C(=O)c1cccc(Cl)c1F. The highest BCUT2D eigenvalue weighted by Gasteiger charge is 2.36. The molecule has 1 fully saturated rings. The van der Waals surface area contributed by atoms with Crippen LogP contribution in [-0.2, 0) is 9.53 Å². The summed E-state index contributed by atoms with van der Waals surface area (Å²) in [5.74, 6) is -1.65. The molecule has 1 heterocycles. The van der Waals surface area contributed by atoms with Crippen molar-refractivity contribution in [3.8, 4) is 0 Å². The molecule has 1 aliphatic rings. The molecular formula is C21H29ClFNO3. The first-order valence-electron chi connectivity index (χ1n) is 9.98. The summed E-state index contributed by atoms with van der Waals surface area (Å²) in [5, 5.41) is -0.0990. The van der Waals surface area contributed by atoms with Crippen molar-refractivity contribution in [3.63, 3.8) is 0 Å². The molecule has 6 heteroatoms. The molecule has 150 valence electrons. The molecule has 1 aromatic rings. The number of hydrogen-bond donors (Lipinski definition) is 0. The van der Waals surface area contributed by atoms with Gasteiger partial charge in [-0.15, -0.1) is 0 Å². The van der Waals surface area contributed by atoms with Gasteiger partial charge in [0.1, 0.15) is 6.04 Å². The molecule has 0 spiro atoms. The number of benzene rings is 1. The number of nitrogens with zero attached hydrogens (tertiary/aromatic N) is 1. The zero-order valence-electron chi connectivity index (χ0n) is 16.0. The summed E-state index contributed by atoms with van der Waals surface area (Å²) < 4.78 is 19.5. The normalized spacial score (nSPS) is 16.6. The van der Waals surface area contributed by atoms with Crippen molar-refractivity contribution in [1.82, 2.24) is 4.90 Å². The Bertz CT molecular complexity index is 638. The van der Waals surface area contributed by atoms with E-state index in [2.05, 4.69) is 6.92 Å². The molecule has 2 rings (SSSR count). The van der Waals surface area contributed by atoms with E-state index in [-0.39, 0.29) is 10.6 Å². The first kappa shape index (κ1) is 21.7. The number of hydrogen-bond acceptors (Lipinski definition) is 3. The molecular weight excluding hydrogens is 369 g/mol. The standard InChI is InChI=1S/C21H29ClFNO3/c1-2-3-4-5-6-7-8-15-27-21(26)18-13-10-14-24(18)20(25)16-11-9-12-17(22)19(16)23/h9,11-12,18H,2-8,10,13-15H2,1H3. The van der Waals surface area contributed by atoms with Gasteiger partial charge in [0.25, 0.3) is 5.91 Å². The second-order valence-electron chi connectivity index (χ2n) is 7.05. The third-order valence-electron chi connectivity index (χ3n) is 4.96. The Morgan fingerprint density at radius 2 is 1.89 bits per heavy atom. The smallest absolute Gasteiger partial charge is 0.328 e. The predicted molar refractivity (Wildman–Crippen MR) is 104 cm³/mol. The van der Waals surface area contributed by atoms with Gasteiger partial charge in [-0.1, -0.05) is 63.1 Å². The van der Waals surface area contributed by atoms with E-state index in [9.17, 15) is 14.0 Å². The van der Waals surface area contributed by atoms with Crippen molar-refractivity contribution in [3.05, 3.63) is 34.6 Å². The van der Waals surface area contributed by atoms with Gasteiger partial charge >= 0.3 is 5.97 Å². The summed E-state index contributed by atoms with van der Waals surface area (Å²) in [4.78, 5) is 26.4. The lowest BCUT2D eigenvalue weighted by molar-refractivity contribution is -0.148. The maximum Gasteiger partial charge on any atom is 0.328 e. The number of unbranched alkanes of at least 4 members (excludes halogenated alkanes) is 6. The minimum absolute atomic E-state index is 0.0990. The van der Waals surface area contributed by atoms with E-state index < -0.39 is 23.7 Å². The molecule has 0 aliphatic carbocycles. The Hall–Kier alpha value is -1.62. The quantitative estimate of drug-likeness (QED) is 0.393. The summed E-state index contributed by atoms with van der Waals surface area (Å²) in [7, 11) is 0. The average Bonchev–Trinajstić information content (AvgIpc) is 3.15. The number of rotatable bonds is 10. The van der Waals surface area contributed by atoms with Crippen LogP contribution in [0.3, 0.4) is 0 Å². The van der Waals surface area contributed by atoms with Gasteiger partial charge in [-0.3, -0.25) is 4.79 Å². The Morgan fingerprint density at radius 1 is 1.19 bits per heavy atom. The highest BCUT2D eigenvalue weighted by atomic mass is 35.5. The van der Waals surface area contributed by atoms with E-state index in [0.29, 0.717) is 26.0 Å². The van der Waals surface area contributed by atoms with Gasteiger partial charge < -0.3 is 9.64 Å². The van der Waals surface area contributed by atoms with Crippen molar-refractivity contribution in [2.45, 2.75) is 70.8 Å². The van der Waals surface area contributed by atoms with Crippen molar-refractivity contribution in [2.75, 3.05) is 13.2 Å². The van der Waals surface area contributed by atoms with E-state index in [1.54, 1.807) is 0 Å². The van der Waals surface area contributed by atoms with Crippen LogP contribution in [0, 0.1) is 5.82 Å². The van der Waals surface area contributed by atoms with Crippen LogP contribution in [-0.4, -0.2) is 36.0 Å². The number of carbonyl (C=O) groups is 2. The maximum absolute atomic E-state index is 14.1. The van der Waals surface area contributed by atoms with Crippen LogP contribution in [0.1, 0.15) is 75.1 Å². The molecule has 1 atom stereocenters. The van der Waals surface area contributed by atoms with Gasteiger partial charge in [-0.2, -0.15) is 0 Å². The molecule has 1 saturated heterocycles. The van der Waals surface area contributed by atoms with E-state index in [0.717, 1.165) is 19.3 Å². The Balaban J connectivity index is 1.80. The lowest BCUT2D eigenvalue weighted by Gasteiger charge is -2.23. The van der Waals surface area contributed by atoms with Gasteiger partial charge in [0.05, 0.1) is 17.2 Å². The van der Waals surface area contributed by atoms with Crippen molar-refractivity contribution in [2.24, 2.45) is 0 Å². The zero-order chi connectivity index (χ0) is 19.6. The predicted octanol–water partition coefficient (Wildman–Crippen LogP) is 5.38. The topological polar surface area (TPSA) is 46.6 Å². The third kappa shape index (κ3) is 6.20. The van der Waals surface area contributed by atoms with Gasteiger partial charge in [-0.25, -0.2) is 9.18 Å². The zero-order valence-corrected chi connectivity index (χ0v) is 16.8. The summed E-state index contributed by atoms with van der Waals surface area (Å²) >= 11 is 5.76. The molecule has 0 radical (unpaired) electrons. The number of esters is 1. The van der Waals surface area contributed by atoms with Crippen LogP contribution in [0.25, 0.3) is 0 Å². The second kappa shape index (κ2) is 11.3. The van der Waals surface area contributed by atoms with Gasteiger partial charge in [0.2, 0.25) is 0 Å². The molecule has 1 aliphatic heterocycles. The van der Waals surface area contributed by atoms with Crippen molar-refractivity contribution in [1.29, 1.82) is 0 Å². The highest BCUT2D eigenvalue weighted by Crippen LogP contribution is 2.25. The third-order valence-corrected chi connectivity index (χ3v) is 5.25. The monoisotopic (exact) mass is 397 g/mol. The lowest BCUT2D eigenvalue weighted by Crippen LogP contribution is -2.41. The Kier molecular flexibility index (Phi) is 9.05. The molecule has 0 saturated carbocycles. The summed E-state index contributed by atoms with van der Waals surface area (Å²) in [6.45, 7) is 2.98. The maximum atomic E-state index is 14.1. The minimum Gasteiger partial charge on any atom is -0.464 e. The molecule has 0 bridgehead atoms. The van der Waals surface area contributed by atoms with Gasteiger partial charge in [0.15, 0.2) is 5.82 Å². The number of amides is 1. The summed E-state index contributed by atoms with van der Waals surface area (Å²) in [6.07, 6.45) is 9.25. The van der Waals surface area contributed by atoms with Crippen LogP contribution < -0.4 is 0 Å². The summed E-state index contributed by atoms with van der Waals surface area (Å²) in [6, 6.07) is 3.68. The van der Waals surface area contributed by atoms with Crippen molar-refractivity contribution < 1.29 is 18.7 Å². The number of likely N-dealkylation sites (tertiary alicyclic amines) is 1. The lowest BCUT2D eigenvalue weighted by atomic mass is 10.1. The van der Waals surface area contributed by atoms with E-state index in [1.807, 2.05) is 0 Å². The first-order valence-corrected chi connectivity index (χ1v) is 10.4. The van der Waals surface area contributed by atoms with Crippen molar-refractivity contribution >= 4 is 23.5 Å². The van der Waals surface area contributed by atoms with Crippen LogP contribution in [0.15, 0.2) is 18.2 Å². The van der Waals surface area contributed by atoms with Gasteiger partial charge in [0, 0.05) is 6.54 Å². The molecule has 0 N–H and O–H groups in total. The van der Waals surface area contributed by atoms with E-state index in [1.165, 1.54) is 48.8 Å². The molecule has 0 aromatic heterocycles. The Morgan fingerprint density at radius 3 is 2.63 bits per heavy atom. The fourth-order valence-electron chi connectivity index (χ4n) is 3.41. The Labute approximate surface area is 166 Å². The largest absolute Gasteiger partial charge is 0.464 e. The highest BCUT2D eigenvalue weighted by molar-refractivity contribution is 6.31. The molecule has 1 aromatic carbocycles. The molecule has 4 nitrogen and oxygen atoms in total. The second-order valence-corrected chi connectivity index (χ2v) is 7.45. The van der Waals surface area contributed by atoms with E-state index >= 15 is 0 Å². The fourth-order valence-corrected chi connectivity index (χ4v) is 3.58. The first-order chi connectivity index (χ1) is 13.1. The fraction of sp³-hybridized carbons (Fsp3) is 0.619. The number of halogens is 2. The average molecular weight is 398 g/mol. The summed E-state index contributed by atoms with van der Waals surface area (Å²) in [5.41, 5.74) is -0.103. The molecule has 27 heavy (non-hydrogen) atoms. The number of carbonyl (C=O) groups excluding carboxylic acids is 2. The molecule has 1 unspecified atom stereocenters. The van der Waals surface area contributed by atoms with Crippen LogP contribution in [0.5, 0.6) is 0 Å². The van der Waals surface area contributed by atoms with Crippen LogP contribution in [0.4, 0.5) is 4.39 Å². The minimum atomic E-state index is -0.744. The van der Waals surface area contributed by atoms with E-state index in [4.69, 9.17) is 16.3 Å². The molecule has 1 amide bonds. The number of ether oxygens (including phenoxy) is 1. The van der Waals surface area contributed by atoms with Crippen LogP contribution >= 0.6 is 11.6 Å².